The number of hydrogen-bond donors (Lipinski definition) is 0. The van der Waals surface area contributed by atoms with Gasteiger partial charge in [0.05, 0.1) is 13.2 Å². The Hall–Kier alpha value is -3.13. The molecule has 0 radical (unpaired) electrons. The van der Waals surface area contributed by atoms with Gasteiger partial charge >= 0.3 is 0 Å². The van der Waals surface area contributed by atoms with E-state index in [1.165, 1.54) is 0 Å². The van der Waals surface area contributed by atoms with Gasteiger partial charge in [0.1, 0.15) is 17.5 Å². The molecule has 3 aromatic rings. The summed E-state index contributed by atoms with van der Waals surface area (Å²) in [6, 6.07) is 19.6. The number of methoxy groups -OCH3 is 1. The summed E-state index contributed by atoms with van der Waals surface area (Å²) in [5.74, 6) is 0.688. The Kier molecular flexibility index (Phi) is 4.07. The summed E-state index contributed by atoms with van der Waals surface area (Å²) in [4.78, 5) is 0. The van der Waals surface area contributed by atoms with Gasteiger partial charge < -0.3 is 4.74 Å². The van der Waals surface area contributed by atoms with E-state index < -0.39 is 0 Å². The highest BCUT2D eigenvalue weighted by Crippen LogP contribution is 2.33. The number of ether oxygens (including phenoxy) is 1. The lowest BCUT2D eigenvalue weighted by Gasteiger charge is -2.16. The third-order valence-corrected chi connectivity index (χ3v) is 3.81. The summed E-state index contributed by atoms with van der Waals surface area (Å²) in [5.41, 5.74) is 2.86. The SMILES string of the molecule is COc1ccccc1-c1c(C#N)nnn1C(C)c1ccccc1. The zero-order valence-corrected chi connectivity index (χ0v) is 13.0. The summed E-state index contributed by atoms with van der Waals surface area (Å²) < 4.78 is 7.20. The van der Waals surface area contributed by atoms with Crippen LogP contribution in [-0.4, -0.2) is 22.1 Å². The minimum atomic E-state index is -0.0503. The molecule has 0 bridgehead atoms. The molecule has 0 saturated heterocycles. The van der Waals surface area contributed by atoms with Crippen LogP contribution in [0, 0.1) is 11.3 Å². The Balaban J connectivity index is 2.18. The van der Waals surface area contributed by atoms with Crippen molar-refractivity contribution < 1.29 is 4.74 Å². The third kappa shape index (κ3) is 2.67. The molecule has 23 heavy (non-hydrogen) atoms. The van der Waals surface area contributed by atoms with E-state index >= 15 is 0 Å². The first-order valence-electron chi connectivity index (χ1n) is 7.30. The first kappa shape index (κ1) is 14.8. The lowest BCUT2D eigenvalue weighted by Crippen LogP contribution is -2.10. The average molecular weight is 304 g/mol. The van der Waals surface area contributed by atoms with Crippen LogP contribution in [0.3, 0.4) is 0 Å². The molecule has 5 nitrogen and oxygen atoms in total. The maximum atomic E-state index is 9.40. The van der Waals surface area contributed by atoms with E-state index in [1.54, 1.807) is 11.8 Å². The predicted molar refractivity (Wildman–Crippen MR) is 87.0 cm³/mol. The predicted octanol–water partition coefficient (Wildman–Crippen LogP) is 3.43. The highest BCUT2D eigenvalue weighted by molar-refractivity contribution is 5.71. The van der Waals surface area contributed by atoms with E-state index in [0.717, 1.165) is 11.1 Å². The number of rotatable bonds is 4. The van der Waals surface area contributed by atoms with Crippen molar-refractivity contribution in [2.45, 2.75) is 13.0 Å². The van der Waals surface area contributed by atoms with Crippen molar-refractivity contribution in [2.24, 2.45) is 0 Å². The van der Waals surface area contributed by atoms with Gasteiger partial charge in [0.25, 0.3) is 0 Å². The zero-order valence-electron chi connectivity index (χ0n) is 13.0. The van der Waals surface area contributed by atoms with Crippen LogP contribution in [0.1, 0.15) is 24.2 Å². The normalized spacial score (nSPS) is 11.7. The van der Waals surface area contributed by atoms with E-state index in [0.29, 0.717) is 11.4 Å². The maximum absolute atomic E-state index is 9.40. The average Bonchev–Trinajstić information content (AvgIpc) is 3.05. The molecule has 0 fully saturated rings. The van der Waals surface area contributed by atoms with Gasteiger partial charge in [0.15, 0.2) is 5.69 Å². The van der Waals surface area contributed by atoms with Crippen LogP contribution >= 0.6 is 0 Å². The standard InChI is InChI=1S/C18H16N4O/c1-13(14-8-4-3-5-9-14)22-18(16(12-19)20-21-22)15-10-6-7-11-17(15)23-2/h3-11,13H,1-2H3. The Bertz CT molecular complexity index is 849. The van der Waals surface area contributed by atoms with E-state index in [2.05, 4.69) is 16.4 Å². The molecule has 5 heteroatoms. The molecule has 0 saturated carbocycles. The first-order chi connectivity index (χ1) is 11.3. The number of nitriles is 1. The lowest BCUT2D eigenvalue weighted by atomic mass is 10.1. The van der Waals surface area contributed by atoms with Crippen molar-refractivity contribution in [3.05, 3.63) is 65.9 Å². The molecule has 114 valence electrons. The van der Waals surface area contributed by atoms with Crippen LogP contribution in [0.5, 0.6) is 5.75 Å². The van der Waals surface area contributed by atoms with Gasteiger partial charge in [0, 0.05) is 5.56 Å². The largest absolute Gasteiger partial charge is 0.496 e. The third-order valence-electron chi connectivity index (χ3n) is 3.81. The molecule has 0 aliphatic carbocycles. The minimum absolute atomic E-state index is 0.0503. The highest BCUT2D eigenvalue weighted by atomic mass is 16.5. The van der Waals surface area contributed by atoms with Crippen LogP contribution in [0.25, 0.3) is 11.3 Å². The number of aromatic nitrogens is 3. The molecule has 1 unspecified atom stereocenters. The van der Waals surface area contributed by atoms with Gasteiger partial charge in [-0.25, -0.2) is 4.68 Å². The Morgan fingerprint density at radius 3 is 2.48 bits per heavy atom. The minimum Gasteiger partial charge on any atom is -0.496 e. The van der Waals surface area contributed by atoms with Gasteiger partial charge in [-0.05, 0) is 24.6 Å². The topological polar surface area (TPSA) is 63.7 Å². The summed E-state index contributed by atoms with van der Waals surface area (Å²) in [5, 5.41) is 17.6. The number of hydrogen-bond acceptors (Lipinski definition) is 4. The molecule has 0 amide bonds. The summed E-state index contributed by atoms with van der Waals surface area (Å²) >= 11 is 0. The summed E-state index contributed by atoms with van der Waals surface area (Å²) in [6.07, 6.45) is 0. The monoisotopic (exact) mass is 304 g/mol. The van der Waals surface area contributed by atoms with Crippen LogP contribution in [0.2, 0.25) is 0 Å². The lowest BCUT2D eigenvalue weighted by molar-refractivity contribution is 0.415. The molecule has 0 aliphatic rings. The molecular formula is C18H16N4O. The Morgan fingerprint density at radius 1 is 1.09 bits per heavy atom. The molecule has 0 spiro atoms. The first-order valence-corrected chi connectivity index (χ1v) is 7.30. The maximum Gasteiger partial charge on any atom is 0.190 e. The van der Waals surface area contributed by atoms with Crippen molar-refractivity contribution >= 4 is 0 Å². The quantitative estimate of drug-likeness (QED) is 0.740. The van der Waals surface area contributed by atoms with Gasteiger partial charge in [-0.3, -0.25) is 0 Å². The van der Waals surface area contributed by atoms with Gasteiger partial charge in [-0.15, -0.1) is 5.10 Å². The van der Waals surface area contributed by atoms with Gasteiger partial charge in [-0.1, -0.05) is 47.7 Å². The van der Waals surface area contributed by atoms with Crippen molar-refractivity contribution in [1.29, 1.82) is 5.26 Å². The molecule has 1 atom stereocenters. The van der Waals surface area contributed by atoms with E-state index in [1.807, 2.05) is 61.5 Å². The van der Waals surface area contributed by atoms with Crippen LogP contribution in [0.15, 0.2) is 54.6 Å². The fourth-order valence-electron chi connectivity index (χ4n) is 2.60. The van der Waals surface area contributed by atoms with Gasteiger partial charge in [-0.2, -0.15) is 5.26 Å². The Morgan fingerprint density at radius 2 is 1.78 bits per heavy atom. The van der Waals surface area contributed by atoms with Gasteiger partial charge in [0.2, 0.25) is 0 Å². The molecule has 1 aromatic heterocycles. The fraction of sp³-hybridized carbons (Fsp3) is 0.167. The highest BCUT2D eigenvalue weighted by Gasteiger charge is 2.22. The summed E-state index contributed by atoms with van der Waals surface area (Å²) in [6.45, 7) is 2.03. The van der Waals surface area contributed by atoms with E-state index in [-0.39, 0.29) is 11.7 Å². The van der Waals surface area contributed by atoms with Crippen molar-refractivity contribution in [2.75, 3.05) is 7.11 Å². The van der Waals surface area contributed by atoms with Crippen LogP contribution in [0.4, 0.5) is 0 Å². The van der Waals surface area contributed by atoms with Crippen molar-refractivity contribution in [1.82, 2.24) is 15.0 Å². The second-order valence-corrected chi connectivity index (χ2v) is 5.13. The van der Waals surface area contributed by atoms with Crippen molar-refractivity contribution in [3.63, 3.8) is 0 Å². The molecule has 0 aliphatic heterocycles. The molecule has 3 rings (SSSR count). The van der Waals surface area contributed by atoms with Crippen molar-refractivity contribution in [3.8, 4) is 23.1 Å². The summed E-state index contributed by atoms with van der Waals surface area (Å²) in [7, 11) is 1.61. The van der Waals surface area contributed by atoms with Crippen LogP contribution in [-0.2, 0) is 0 Å². The van der Waals surface area contributed by atoms with Crippen LogP contribution < -0.4 is 4.74 Å². The molecular weight excluding hydrogens is 288 g/mol. The number of nitrogens with zero attached hydrogens (tertiary/aromatic N) is 4. The zero-order chi connectivity index (χ0) is 16.2. The number of benzene rings is 2. The molecule has 0 N–H and O–H groups in total. The van der Waals surface area contributed by atoms with E-state index in [4.69, 9.17) is 4.74 Å². The fourth-order valence-corrected chi connectivity index (χ4v) is 2.60. The second-order valence-electron chi connectivity index (χ2n) is 5.13. The Labute approximate surface area is 134 Å². The molecule has 2 aromatic carbocycles. The number of para-hydroxylation sites is 1. The van der Waals surface area contributed by atoms with E-state index in [9.17, 15) is 5.26 Å². The second kappa shape index (κ2) is 6.32. The molecule has 1 heterocycles. The smallest absolute Gasteiger partial charge is 0.190 e.